The first-order valence-corrected chi connectivity index (χ1v) is 15.4. The Balaban J connectivity index is 1.38. The number of sulfonamides is 1. The van der Waals surface area contributed by atoms with E-state index in [0.29, 0.717) is 17.2 Å². The highest BCUT2D eigenvalue weighted by Crippen LogP contribution is 2.35. The van der Waals surface area contributed by atoms with Crippen LogP contribution < -0.4 is 24.2 Å². The van der Waals surface area contributed by atoms with Gasteiger partial charge in [0.05, 0.1) is 29.7 Å². The molecule has 12 nitrogen and oxygen atoms in total. The van der Waals surface area contributed by atoms with E-state index in [1.54, 1.807) is 32.2 Å². The van der Waals surface area contributed by atoms with Crippen molar-refractivity contribution in [1.29, 1.82) is 0 Å². The van der Waals surface area contributed by atoms with Crippen LogP contribution in [-0.4, -0.2) is 80.9 Å². The molecule has 2 aliphatic heterocycles. The monoisotopic (exact) mass is 628 g/mol. The summed E-state index contributed by atoms with van der Waals surface area (Å²) in [6.07, 6.45) is -0.579. The van der Waals surface area contributed by atoms with Gasteiger partial charge in [-0.1, -0.05) is 6.92 Å². The van der Waals surface area contributed by atoms with Crippen molar-refractivity contribution in [3.05, 3.63) is 72.0 Å². The maximum Gasteiger partial charge on any atom is 0.321 e. The topological polar surface area (TPSA) is 147 Å². The summed E-state index contributed by atoms with van der Waals surface area (Å²) in [5.74, 6) is 0.0133. The first kappa shape index (κ1) is 30.9. The molecular formula is C30H33FN4O8S. The van der Waals surface area contributed by atoms with Gasteiger partial charge in [-0.05, 0) is 61.5 Å². The average molecular weight is 629 g/mol. The molecule has 0 aromatic heterocycles. The molecule has 0 fully saturated rings. The van der Waals surface area contributed by atoms with Crippen LogP contribution in [0.2, 0.25) is 0 Å². The second kappa shape index (κ2) is 12.6. The zero-order valence-corrected chi connectivity index (χ0v) is 25.1. The summed E-state index contributed by atoms with van der Waals surface area (Å²) in [5.41, 5.74) is 0.688. The minimum Gasteiger partial charge on any atom is -0.487 e. The zero-order valence-electron chi connectivity index (χ0n) is 24.3. The van der Waals surface area contributed by atoms with Crippen LogP contribution >= 0.6 is 0 Å². The fourth-order valence-electron chi connectivity index (χ4n) is 4.88. The normalized spacial score (nSPS) is 18.4. The number of aliphatic hydroxyl groups excluding tert-OH is 1. The van der Waals surface area contributed by atoms with Crippen molar-refractivity contribution in [2.45, 2.75) is 30.9 Å². The Bertz CT molecular complexity index is 1650. The largest absolute Gasteiger partial charge is 0.487 e. The summed E-state index contributed by atoms with van der Waals surface area (Å²) in [6.45, 7) is 3.75. The quantitative estimate of drug-likeness (QED) is 0.342. The van der Waals surface area contributed by atoms with Crippen molar-refractivity contribution < 1.29 is 41.7 Å². The lowest BCUT2D eigenvalue weighted by Gasteiger charge is -2.38. The highest BCUT2D eigenvalue weighted by Gasteiger charge is 2.34. The summed E-state index contributed by atoms with van der Waals surface area (Å²) in [5, 5.41) is 12.7. The molecule has 14 heteroatoms. The lowest BCUT2D eigenvalue weighted by atomic mass is 9.99. The predicted octanol–water partition coefficient (Wildman–Crippen LogP) is 3.74. The molecule has 0 spiro atoms. The number of rotatable bonds is 8. The van der Waals surface area contributed by atoms with E-state index in [2.05, 4.69) is 10.0 Å². The molecule has 3 aromatic rings. The number of urea groups is 1. The number of carbonyl (C=O) groups excluding carboxylic acids is 2. The zero-order chi connectivity index (χ0) is 31.6. The standard InChI is InChI=1S/C30H33FN4O8S/c1-18-14-35(19(2)16-36)29(37)24-12-22(33-44(39,40)23-8-4-20(31)5-9-23)7-10-25(24)43-28(18)15-34(3)30(38)32-21-6-11-26-27(13-21)42-17-41-26/h4-13,18-19,28,33,36H,14-17H2,1-3H3,(H,32,38)/t18-,19+,28-/m1/s1. The molecule has 0 saturated heterocycles. The van der Waals surface area contributed by atoms with Gasteiger partial charge in [0.25, 0.3) is 15.9 Å². The number of amides is 3. The fraction of sp³-hybridized carbons (Fsp3) is 0.333. The third-order valence-corrected chi connectivity index (χ3v) is 8.86. The van der Waals surface area contributed by atoms with Gasteiger partial charge in [0, 0.05) is 37.0 Å². The molecule has 44 heavy (non-hydrogen) atoms. The van der Waals surface area contributed by atoms with Gasteiger partial charge in [-0.25, -0.2) is 17.6 Å². The number of nitrogens with one attached hydrogen (secondary N) is 2. The van der Waals surface area contributed by atoms with E-state index in [1.165, 1.54) is 28.0 Å². The molecule has 3 N–H and O–H groups in total. The molecule has 0 unspecified atom stereocenters. The molecule has 3 amide bonds. The van der Waals surface area contributed by atoms with Crippen LogP contribution in [0.3, 0.4) is 0 Å². The van der Waals surface area contributed by atoms with Crippen LogP contribution in [0.25, 0.3) is 0 Å². The number of ether oxygens (including phenoxy) is 3. The summed E-state index contributed by atoms with van der Waals surface area (Å²) >= 11 is 0. The number of hydrogen-bond donors (Lipinski definition) is 3. The minimum atomic E-state index is -4.09. The van der Waals surface area contributed by atoms with Crippen LogP contribution in [-0.2, 0) is 10.0 Å². The van der Waals surface area contributed by atoms with E-state index in [-0.39, 0.29) is 54.3 Å². The van der Waals surface area contributed by atoms with E-state index < -0.39 is 39.9 Å². The van der Waals surface area contributed by atoms with Gasteiger partial charge in [-0.2, -0.15) is 0 Å². The maximum atomic E-state index is 13.7. The van der Waals surface area contributed by atoms with Gasteiger partial charge in [0.1, 0.15) is 17.7 Å². The summed E-state index contributed by atoms with van der Waals surface area (Å²) < 4.78 is 58.6. The molecule has 5 rings (SSSR count). The summed E-state index contributed by atoms with van der Waals surface area (Å²) in [6, 6.07) is 12.8. The number of hydrogen-bond acceptors (Lipinski definition) is 8. The number of anilines is 2. The third-order valence-electron chi connectivity index (χ3n) is 7.47. The highest BCUT2D eigenvalue weighted by atomic mass is 32.2. The number of halogens is 1. The lowest BCUT2D eigenvalue weighted by Crippen LogP contribution is -2.50. The second-order valence-corrected chi connectivity index (χ2v) is 12.5. The lowest BCUT2D eigenvalue weighted by molar-refractivity contribution is 0.0371. The van der Waals surface area contributed by atoms with Gasteiger partial charge in [0.2, 0.25) is 6.79 Å². The van der Waals surface area contributed by atoms with Gasteiger partial charge in [0.15, 0.2) is 11.5 Å². The third kappa shape index (κ3) is 6.65. The molecule has 0 aliphatic carbocycles. The van der Waals surface area contributed by atoms with Crippen LogP contribution in [0.5, 0.6) is 17.2 Å². The minimum absolute atomic E-state index is 0.0778. The highest BCUT2D eigenvalue weighted by molar-refractivity contribution is 7.92. The van der Waals surface area contributed by atoms with Crippen molar-refractivity contribution in [3.63, 3.8) is 0 Å². The number of likely N-dealkylation sites (N-methyl/N-ethyl adjacent to an activating group) is 1. The Kier molecular flexibility index (Phi) is 8.83. The van der Waals surface area contributed by atoms with Gasteiger partial charge in [-0.3, -0.25) is 9.52 Å². The Labute approximate surface area is 254 Å². The van der Waals surface area contributed by atoms with Crippen molar-refractivity contribution >= 4 is 33.3 Å². The van der Waals surface area contributed by atoms with E-state index >= 15 is 0 Å². The van der Waals surface area contributed by atoms with Crippen LogP contribution in [0, 0.1) is 11.7 Å². The molecule has 0 saturated carbocycles. The molecule has 0 radical (unpaired) electrons. The Morgan fingerprint density at radius 1 is 1.07 bits per heavy atom. The summed E-state index contributed by atoms with van der Waals surface area (Å²) in [7, 11) is -2.47. The fourth-order valence-corrected chi connectivity index (χ4v) is 5.93. The van der Waals surface area contributed by atoms with Gasteiger partial charge in [-0.15, -0.1) is 0 Å². The van der Waals surface area contributed by atoms with Gasteiger partial charge >= 0.3 is 6.03 Å². The molecule has 0 bridgehead atoms. The van der Waals surface area contributed by atoms with Crippen LogP contribution in [0.4, 0.5) is 20.6 Å². The van der Waals surface area contributed by atoms with E-state index in [4.69, 9.17) is 14.2 Å². The van der Waals surface area contributed by atoms with E-state index in [0.717, 1.165) is 24.3 Å². The number of nitrogens with zero attached hydrogens (tertiary/aromatic N) is 2. The molecule has 2 aliphatic rings. The van der Waals surface area contributed by atoms with E-state index in [9.17, 15) is 27.5 Å². The number of benzene rings is 3. The van der Waals surface area contributed by atoms with Crippen molar-refractivity contribution in [3.8, 4) is 17.2 Å². The molecule has 234 valence electrons. The first-order chi connectivity index (χ1) is 20.9. The number of carbonyl (C=O) groups is 2. The number of fused-ring (bicyclic) bond motifs is 2. The van der Waals surface area contributed by atoms with Crippen LogP contribution in [0.1, 0.15) is 24.2 Å². The molecule has 2 heterocycles. The Morgan fingerprint density at radius 3 is 2.48 bits per heavy atom. The molecule has 3 aromatic carbocycles. The van der Waals surface area contributed by atoms with Crippen molar-refractivity contribution in [1.82, 2.24) is 9.80 Å². The number of aliphatic hydroxyl groups is 1. The van der Waals surface area contributed by atoms with Crippen molar-refractivity contribution in [2.75, 3.05) is 43.6 Å². The molecular weight excluding hydrogens is 595 g/mol. The molecule has 3 atom stereocenters. The Morgan fingerprint density at radius 2 is 1.75 bits per heavy atom. The summed E-state index contributed by atoms with van der Waals surface area (Å²) in [4.78, 5) is 29.6. The predicted molar refractivity (Wildman–Crippen MR) is 159 cm³/mol. The maximum absolute atomic E-state index is 13.7. The van der Waals surface area contributed by atoms with Gasteiger partial charge < -0.3 is 34.4 Å². The Hall–Kier alpha value is -4.56. The van der Waals surface area contributed by atoms with E-state index in [1.807, 2.05) is 6.92 Å². The SMILES string of the molecule is C[C@@H]1CN([C@@H](C)CO)C(=O)c2cc(NS(=O)(=O)c3ccc(F)cc3)ccc2O[C@@H]1CN(C)C(=O)Nc1ccc2c(c1)OCO2. The van der Waals surface area contributed by atoms with Crippen LogP contribution in [0.15, 0.2) is 65.6 Å². The smallest absolute Gasteiger partial charge is 0.321 e. The average Bonchev–Trinajstić information content (AvgIpc) is 3.47. The van der Waals surface area contributed by atoms with Crippen molar-refractivity contribution in [2.24, 2.45) is 5.92 Å². The first-order valence-electron chi connectivity index (χ1n) is 13.9. The second-order valence-electron chi connectivity index (χ2n) is 10.8.